The molecule has 0 aliphatic heterocycles. The Morgan fingerprint density at radius 3 is 2.57 bits per heavy atom. The molecule has 0 amide bonds. The first-order valence-corrected chi connectivity index (χ1v) is 5.31. The smallest absolute Gasteiger partial charge is 0.0765 e. The van der Waals surface area contributed by atoms with Gasteiger partial charge in [0.1, 0.15) is 0 Å². The lowest BCUT2D eigenvalue weighted by Crippen LogP contribution is -2.46. The number of nitrogens with one attached hydrogen (secondary N) is 1. The minimum atomic E-state index is 0.266. The molecule has 0 heterocycles. The Morgan fingerprint density at radius 1 is 1.43 bits per heavy atom. The number of hydrogen-bond acceptors (Lipinski definition) is 4. The molecule has 0 radical (unpaired) electrons. The van der Waals surface area contributed by atoms with Crippen molar-refractivity contribution in [1.82, 2.24) is 5.43 Å². The molecule has 3 N–H and O–H groups in total. The van der Waals surface area contributed by atoms with Gasteiger partial charge in [-0.2, -0.15) is 0 Å². The van der Waals surface area contributed by atoms with Crippen LogP contribution >= 0.6 is 0 Å². The molecule has 0 spiro atoms. The Hall–Kier alpha value is -0.160. The Kier molecular flexibility index (Phi) is 5.40. The first-order valence-electron chi connectivity index (χ1n) is 5.31. The molecule has 4 heteroatoms. The summed E-state index contributed by atoms with van der Waals surface area (Å²) in [6, 6.07) is 0.266. The van der Waals surface area contributed by atoms with Gasteiger partial charge in [-0.05, 0) is 31.6 Å². The van der Waals surface area contributed by atoms with Gasteiger partial charge < -0.3 is 9.47 Å². The van der Waals surface area contributed by atoms with Crippen LogP contribution in [0.2, 0.25) is 0 Å². The van der Waals surface area contributed by atoms with E-state index < -0.39 is 0 Å². The summed E-state index contributed by atoms with van der Waals surface area (Å²) >= 11 is 0. The third-order valence-electron chi connectivity index (χ3n) is 2.83. The predicted octanol–water partition coefficient (Wildman–Crippen LogP) is 0.670. The van der Waals surface area contributed by atoms with Gasteiger partial charge in [0.15, 0.2) is 0 Å². The molecule has 14 heavy (non-hydrogen) atoms. The lowest BCUT2D eigenvalue weighted by molar-refractivity contribution is 0.0452. The van der Waals surface area contributed by atoms with Crippen LogP contribution in [-0.4, -0.2) is 33.0 Å². The first kappa shape index (κ1) is 11.9. The van der Waals surface area contributed by atoms with Gasteiger partial charge in [0.05, 0.1) is 6.10 Å². The van der Waals surface area contributed by atoms with Crippen LogP contribution in [0.5, 0.6) is 0 Å². The van der Waals surface area contributed by atoms with Gasteiger partial charge in [0, 0.05) is 26.9 Å². The molecule has 84 valence electrons. The predicted molar refractivity (Wildman–Crippen MR) is 55.7 cm³/mol. The molecular weight excluding hydrogens is 180 g/mol. The minimum absolute atomic E-state index is 0.266. The number of nitrogens with two attached hydrogens (primary N) is 1. The average Bonchev–Trinajstić information content (AvgIpc) is 3.01. The van der Waals surface area contributed by atoms with Crippen LogP contribution in [0.3, 0.4) is 0 Å². The lowest BCUT2D eigenvalue weighted by Gasteiger charge is -2.25. The average molecular weight is 202 g/mol. The number of ether oxygens (including phenoxy) is 2. The largest absolute Gasteiger partial charge is 0.385 e. The number of hydrogen-bond donors (Lipinski definition) is 2. The van der Waals surface area contributed by atoms with Crippen LogP contribution in [0.25, 0.3) is 0 Å². The fourth-order valence-electron chi connectivity index (χ4n) is 1.90. The fraction of sp³-hybridized carbons (Fsp3) is 1.00. The van der Waals surface area contributed by atoms with Crippen molar-refractivity contribution in [1.29, 1.82) is 0 Å². The molecular formula is C10H22N2O2. The maximum absolute atomic E-state index is 5.53. The van der Waals surface area contributed by atoms with E-state index in [0.29, 0.717) is 5.92 Å². The van der Waals surface area contributed by atoms with E-state index in [4.69, 9.17) is 15.3 Å². The second kappa shape index (κ2) is 6.35. The van der Waals surface area contributed by atoms with Crippen LogP contribution in [0.4, 0.5) is 0 Å². The molecule has 0 saturated heterocycles. The van der Waals surface area contributed by atoms with Crippen LogP contribution in [0.15, 0.2) is 0 Å². The van der Waals surface area contributed by atoms with Crippen molar-refractivity contribution in [2.45, 2.75) is 37.8 Å². The van der Waals surface area contributed by atoms with Crippen LogP contribution in [-0.2, 0) is 9.47 Å². The van der Waals surface area contributed by atoms with E-state index in [1.165, 1.54) is 12.8 Å². The van der Waals surface area contributed by atoms with E-state index in [2.05, 4.69) is 5.43 Å². The van der Waals surface area contributed by atoms with Gasteiger partial charge in [0.2, 0.25) is 0 Å². The van der Waals surface area contributed by atoms with Crippen LogP contribution < -0.4 is 11.3 Å². The Morgan fingerprint density at radius 2 is 2.14 bits per heavy atom. The summed E-state index contributed by atoms with van der Waals surface area (Å²) < 4.78 is 10.5. The highest BCUT2D eigenvalue weighted by Crippen LogP contribution is 2.36. The summed E-state index contributed by atoms with van der Waals surface area (Å²) in [5, 5.41) is 0. The maximum atomic E-state index is 5.53. The first-order chi connectivity index (χ1) is 6.83. The number of hydrazine groups is 1. The third kappa shape index (κ3) is 3.53. The zero-order valence-electron chi connectivity index (χ0n) is 9.16. The van der Waals surface area contributed by atoms with Crippen molar-refractivity contribution in [2.75, 3.05) is 20.8 Å². The van der Waals surface area contributed by atoms with Crippen LogP contribution in [0.1, 0.15) is 25.7 Å². The second-order valence-electron chi connectivity index (χ2n) is 3.95. The minimum Gasteiger partial charge on any atom is -0.385 e. The highest BCUT2D eigenvalue weighted by Gasteiger charge is 2.36. The fourth-order valence-corrected chi connectivity index (χ4v) is 1.90. The Bertz CT molecular complexity index is 151. The Labute approximate surface area is 86.1 Å². The SMILES string of the molecule is COCCCC(NN)C(OC)C1CC1. The molecule has 0 aromatic rings. The lowest BCUT2D eigenvalue weighted by atomic mass is 10.0. The van der Waals surface area contributed by atoms with Gasteiger partial charge in [-0.25, -0.2) is 0 Å². The molecule has 0 aromatic carbocycles. The van der Waals surface area contributed by atoms with Crippen molar-refractivity contribution in [3.05, 3.63) is 0 Å². The highest BCUT2D eigenvalue weighted by molar-refractivity contribution is 4.89. The number of methoxy groups -OCH3 is 2. The number of rotatable bonds is 8. The van der Waals surface area contributed by atoms with Crippen molar-refractivity contribution in [2.24, 2.45) is 11.8 Å². The van der Waals surface area contributed by atoms with E-state index in [1.807, 2.05) is 0 Å². The Balaban J connectivity index is 2.26. The molecule has 2 atom stereocenters. The molecule has 1 fully saturated rings. The molecule has 1 saturated carbocycles. The summed E-state index contributed by atoms with van der Waals surface area (Å²) in [7, 11) is 3.49. The normalized spacial score (nSPS) is 20.8. The monoisotopic (exact) mass is 202 g/mol. The zero-order valence-corrected chi connectivity index (χ0v) is 9.16. The highest BCUT2D eigenvalue weighted by atomic mass is 16.5. The van der Waals surface area contributed by atoms with E-state index in [0.717, 1.165) is 19.4 Å². The van der Waals surface area contributed by atoms with Gasteiger partial charge in [0.25, 0.3) is 0 Å². The van der Waals surface area contributed by atoms with E-state index >= 15 is 0 Å². The van der Waals surface area contributed by atoms with Crippen LogP contribution in [0, 0.1) is 5.92 Å². The summed E-state index contributed by atoms with van der Waals surface area (Å²) in [5.74, 6) is 6.24. The summed E-state index contributed by atoms with van der Waals surface area (Å²) in [5.41, 5.74) is 2.85. The van der Waals surface area contributed by atoms with Crippen molar-refractivity contribution < 1.29 is 9.47 Å². The molecule has 1 aliphatic carbocycles. The third-order valence-corrected chi connectivity index (χ3v) is 2.83. The quantitative estimate of drug-likeness (QED) is 0.345. The van der Waals surface area contributed by atoms with Gasteiger partial charge in [-0.1, -0.05) is 0 Å². The summed E-state index contributed by atoms with van der Waals surface area (Å²) in [6.45, 7) is 0.791. The second-order valence-corrected chi connectivity index (χ2v) is 3.95. The molecule has 1 aliphatic rings. The van der Waals surface area contributed by atoms with Gasteiger partial charge in [-0.3, -0.25) is 11.3 Å². The zero-order chi connectivity index (χ0) is 10.4. The van der Waals surface area contributed by atoms with Gasteiger partial charge in [-0.15, -0.1) is 0 Å². The molecule has 0 bridgehead atoms. The topological polar surface area (TPSA) is 56.5 Å². The molecule has 4 nitrogen and oxygen atoms in total. The molecule has 2 unspecified atom stereocenters. The molecule has 0 aromatic heterocycles. The molecule has 1 rings (SSSR count). The van der Waals surface area contributed by atoms with E-state index in [1.54, 1.807) is 14.2 Å². The maximum Gasteiger partial charge on any atom is 0.0765 e. The summed E-state index contributed by atoms with van der Waals surface area (Å²) in [4.78, 5) is 0. The van der Waals surface area contributed by atoms with E-state index in [9.17, 15) is 0 Å². The van der Waals surface area contributed by atoms with Crippen molar-refractivity contribution in [3.8, 4) is 0 Å². The van der Waals surface area contributed by atoms with Crippen molar-refractivity contribution in [3.63, 3.8) is 0 Å². The van der Waals surface area contributed by atoms with E-state index in [-0.39, 0.29) is 12.1 Å². The standard InChI is InChI=1S/C10H22N2O2/c1-13-7-3-4-9(12-11)10(14-2)8-5-6-8/h8-10,12H,3-7,11H2,1-2H3. The van der Waals surface area contributed by atoms with Gasteiger partial charge >= 0.3 is 0 Å². The summed E-state index contributed by atoms with van der Waals surface area (Å²) in [6.07, 6.45) is 4.87. The van der Waals surface area contributed by atoms with Crippen molar-refractivity contribution >= 4 is 0 Å².